The molecule has 0 aliphatic carbocycles. The molecule has 0 bridgehead atoms. The largest absolute Gasteiger partial charge is 0.493 e. The Morgan fingerprint density at radius 3 is 2.47 bits per heavy atom. The Bertz CT molecular complexity index is 2160. The van der Waals surface area contributed by atoms with Crippen molar-refractivity contribution in [1.29, 1.82) is 0 Å². The van der Waals surface area contributed by atoms with E-state index in [9.17, 15) is 19.2 Å². The van der Waals surface area contributed by atoms with Crippen LogP contribution in [-0.4, -0.2) is 82.7 Å². The monoisotopic (exact) mass is 805 g/mol. The van der Waals surface area contributed by atoms with E-state index in [0.29, 0.717) is 66.4 Å². The van der Waals surface area contributed by atoms with Crippen molar-refractivity contribution in [3.05, 3.63) is 102 Å². The molecule has 0 saturated carbocycles. The molecule has 312 valence electrons. The maximum atomic E-state index is 14.2. The molecule has 2 aromatic heterocycles. The number of nitrogens with one attached hydrogen (secondary N) is 1. The zero-order chi connectivity index (χ0) is 41.6. The summed E-state index contributed by atoms with van der Waals surface area (Å²) in [4.78, 5) is 57.7. The predicted molar refractivity (Wildman–Crippen MR) is 225 cm³/mol. The van der Waals surface area contributed by atoms with Crippen molar-refractivity contribution in [2.45, 2.75) is 90.2 Å². The Morgan fingerprint density at radius 2 is 1.75 bits per heavy atom. The van der Waals surface area contributed by atoms with Gasteiger partial charge in [-0.15, -0.1) is 0 Å². The normalized spacial score (nSPS) is 19.1. The fraction of sp³-hybridized carbons (Fsp3) is 0.435. The van der Waals surface area contributed by atoms with Gasteiger partial charge in [0.1, 0.15) is 12.4 Å². The van der Waals surface area contributed by atoms with Gasteiger partial charge in [-0.05, 0) is 99.2 Å². The molecule has 5 heterocycles. The van der Waals surface area contributed by atoms with Crippen molar-refractivity contribution in [1.82, 2.24) is 14.0 Å². The Hall–Kier alpha value is -5.66. The molecule has 7 rings (SSSR count). The Morgan fingerprint density at radius 1 is 0.949 bits per heavy atom. The number of piperidine rings is 1. The molecule has 1 unspecified atom stereocenters. The smallest absolute Gasteiger partial charge is 0.416 e. The van der Waals surface area contributed by atoms with E-state index in [2.05, 4.69) is 35.6 Å². The van der Waals surface area contributed by atoms with Gasteiger partial charge in [-0.25, -0.2) is 9.69 Å². The van der Waals surface area contributed by atoms with Gasteiger partial charge in [0.05, 0.1) is 35.3 Å². The Kier molecular flexibility index (Phi) is 13.0. The number of rotatable bonds is 14. The molecule has 59 heavy (non-hydrogen) atoms. The Balaban J connectivity index is 0.991. The lowest BCUT2D eigenvalue weighted by Crippen LogP contribution is -2.57. The third kappa shape index (κ3) is 9.47. The van der Waals surface area contributed by atoms with Crippen LogP contribution in [0.5, 0.6) is 5.75 Å². The number of Topliss-reactive ketones (excluding diaryl/α,β-unsaturated/α-hetero) is 1. The van der Waals surface area contributed by atoms with Gasteiger partial charge in [-0.1, -0.05) is 36.9 Å². The third-order valence-electron chi connectivity index (χ3n) is 11.4. The number of benzene rings is 2. The highest BCUT2D eigenvalue weighted by Crippen LogP contribution is 2.40. The molecule has 13 heteroatoms. The van der Waals surface area contributed by atoms with Gasteiger partial charge < -0.3 is 38.3 Å². The number of ether oxygens (including phenoxy) is 4. The van der Waals surface area contributed by atoms with Crippen LogP contribution in [0.4, 0.5) is 16.2 Å². The lowest BCUT2D eigenvalue weighted by Gasteiger charge is -2.42. The molecule has 3 atom stereocenters. The number of aromatic nitrogens is 2. The second kappa shape index (κ2) is 18.5. The zero-order valence-electron chi connectivity index (χ0n) is 34.5. The number of amides is 3. The molecule has 13 nitrogen and oxygen atoms in total. The first kappa shape index (κ1) is 41.5. The second-order valence-electron chi connectivity index (χ2n) is 15.8. The minimum absolute atomic E-state index is 0.0126. The van der Waals surface area contributed by atoms with Crippen LogP contribution >= 0.6 is 0 Å². The number of hydrogen-bond acceptors (Lipinski definition) is 8. The summed E-state index contributed by atoms with van der Waals surface area (Å²) in [5.74, 6) is 0.0340. The maximum Gasteiger partial charge on any atom is 0.416 e. The summed E-state index contributed by atoms with van der Waals surface area (Å²) in [5.41, 5.74) is 6.77. The van der Waals surface area contributed by atoms with Gasteiger partial charge >= 0.3 is 6.09 Å². The highest BCUT2D eigenvalue weighted by Gasteiger charge is 2.46. The molecule has 3 aliphatic rings. The summed E-state index contributed by atoms with van der Waals surface area (Å²) in [6, 6.07) is 14.9. The van der Waals surface area contributed by atoms with Crippen molar-refractivity contribution in [2.24, 2.45) is 14.1 Å². The van der Waals surface area contributed by atoms with Crippen molar-refractivity contribution < 1.29 is 38.1 Å². The van der Waals surface area contributed by atoms with E-state index in [4.69, 9.17) is 18.9 Å². The van der Waals surface area contributed by atoms with E-state index in [1.807, 2.05) is 43.1 Å². The summed E-state index contributed by atoms with van der Waals surface area (Å²) < 4.78 is 28.2. The fourth-order valence-electron chi connectivity index (χ4n) is 8.17. The first-order valence-electron chi connectivity index (χ1n) is 20.6. The molecule has 2 fully saturated rings. The summed E-state index contributed by atoms with van der Waals surface area (Å²) >= 11 is 0. The number of ketones is 1. The SMILES string of the molecule is C=CCOC(=O)N1c2cc(OCCCC(=O)Nc3cc(C(=O)Cc4ccc(-c5cc(C)n(C)c5)cc4)n(C)c3)c(C)cc2C(=O)N2CCCC[C@H]2[C@@H]1OC1CCCCO1. The predicted octanol–water partition coefficient (Wildman–Crippen LogP) is 7.88. The molecule has 4 aromatic rings. The first-order chi connectivity index (χ1) is 28.5. The molecule has 2 aromatic carbocycles. The highest BCUT2D eigenvalue weighted by atomic mass is 16.7. The number of carbonyl (C=O) groups excluding carboxylic acids is 4. The average molecular weight is 806 g/mol. The number of carbonyl (C=O) groups is 4. The zero-order valence-corrected chi connectivity index (χ0v) is 34.5. The molecular formula is C46H55N5O8. The van der Waals surface area contributed by atoms with E-state index < -0.39 is 24.7 Å². The number of fused-ring (bicyclic) bond motifs is 2. The van der Waals surface area contributed by atoms with Crippen molar-refractivity contribution in [3.8, 4) is 16.9 Å². The number of anilines is 2. The Labute approximate surface area is 345 Å². The van der Waals surface area contributed by atoms with Crippen molar-refractivity contribution in [3.63, 3.8) is 0 Å². The van der Waals surface area contributed by atoms with E-state index in [0.717, 1.165) is 42.4 Å². The number of hydrogen-bond donors (Lipinski definition) is 1. The lowest BCUT2D eigenvalue weighted by atomic mass is 10.00. The maximum absolute atomic E-state index is 14.2. The van der Waals surface area contributed by atoms with Crippen LogP contribution in [-0.2, 0) is 39.5 Å². The van der Waals surface area contributed by atoms with Gasteiger partial charge in [-0.2, -0.15) is 0 Å². The van der Waals surface area contributed by atoms with Crippen LogP contribution in [0.15, 0.2) is 73.6 Å². The molecule has 0 radical (unpaired) electrons. The highest BCUT2D eigenvalue weighted by molar-refractivity contribution is 6.05. The molecular weight excluding hydrogens is 751 g/mol. The van der Waals surface area contributed by atoms with Crippen molar-refractivity contribution >= 4 is 35.1 Å². The van der Waals surface area contributed by atoms with Gasteiger partial charge in [0.25, 0.3) is 5.91 Å². The molecule has 3 amide bonds. The molecule has 1 N–H and O–H groups in total. The topological polar surface area (TPSA) is 134 Å². The fourth-order valence-corrected chi connectivity index (χ4v) is 8.17. The number of nitrogens with zero attached hydrogens (tertiary/aromatic N) is 4. The molecule has 3 aliphatic heterocycles. The van der Waals surface area contributed by atoms with Crippen LogP contribution in [0.1, 0.15) is 89.0 Å². The average Bonchev–Trinajstić information content (AvgIpc) is 3.75. The minimum Gasteiger partial charge on any atom is -0.493 e. The number of aryl methyl sites for hydroxylation is 4. The van der Waals surface area contributed by atoms with E-state index in [-0.39, 0.29) is 43.7 Å². The lowest BCUT2D eigenvalue weighted by molar-refractivity contribution is -0.198. The van der Waals surface area contributed by atoms with Crippen molar-refractivity contribution in [2.75, 3.05) is 36.6 Å². The molecule has 2 saturated heterocycles. The van der Waals surface area contributed by atoms with Crippen LogP contribution in [0, 0.1) is 13.8 Å². The van der Waals surface area contributed by atoms with Crippen LogP contribution < -0.4 is 15.0 Å². The quantitative estimate of drug-likeness (QED) is 0.0774. The van der Waals surface area contributed by atoms with Crippen LogP contribution in [0.25, 0.3) is 11.1 Å². The van der Waals surface area contributed by atoms with E-state index in [1.54, 1.807) is 36.0 Å². The van der Waals surface area contributed by atoms with E-state index >= 15 is 0 Å². The third-order valence-corrected chi connectivity index (χ3v) is 11.4. The standard InChI is InChI=1S/C46H55N5O8/c1-6-20-58-46(55)51-38-27-41(30(2)23-36(38)44(54)50-19-9-7-12-37(50)45(51)59-43-14-8-10-21-57-43)56-22-11-13-42(53)47-35-26-39(49(5)29-35)40(52)25-32-15-17-33(18-16-32)34-24-31(3)48(4)28-34/h6,15-18,23-24,26-29,37,43,45H,1,7-14,19-22,25H2,2-5H3,(H,47,53)/t37-,43?,45-/m0/s1. The van der Waals surface area contributed by atoms with Crippen LogP contribution in [0.2, 0.25) is 0 Å². The van der Waals surface area contributed by atoms with Gasteiger partial charge in [-0.3, -0.25) is 14.4 Å². The van der Waals surface area contributed by atoms with Gasteiger partial charge in [0, 0.05) is 64.2 Å². The second-order valence-corrected chi connectivity index (χ2v) is 15.8. The summed E-state index contributed by atoms with van der Waals surface area (Å²) in [6.45, 7) is 8.92. The van der Waals surface area contributed by atoms with Crippen LogP contribution in [0.3, 0.4) is 0 Å². The van der Waals surface area contributed by atoms with Gasteiger partial charge in [0.15, 0.2) is 18.3 Å². The summed E-state index contributed by atoms with van der Waals surface area (Å²) in [7, 11) is 3.81. The van der Waals surface area contributed by atoms with E-state index in [1.165, 1.54) is 16.7 Å². The summed E-state index contributed by atoms with van der Waals surface area (Å²) in [6.07, 6.45) is 9.07. The molecule has 0 spiro atoms. The summed E-state index contributed by atoms with van der Waals surface area (Å²) in [5, 5.41) is 2.91. The van der Waals surface area contributed by atoms with Gasteiger partial charge in [0.2, 0.25) is 5.91 Å². The minimum atomic E-state index is -0.843. The first-order valence-corrected chi connectivity index (χ1v) is 20.6.